The number of benzene rings is 1. The molecule has 6 heteroatoms. The number of rotatable bonds is 3. The molecule has 20 heavy (non-hydrogen) atoms. The van der Waals surface area contributed by atoms with Crippen LogP contribution in [-0.4, -0.2) is 43.5 Å². The van der Waals surface area contributed by atoms with Crippen LogP contribution in [0.1, 0.15) is 12.8 Å². The summed E-state index contributed by atoms with van der Waals surface area (Å²) in [5.74, 6) is -0.386. The molecule has 1 aromatic rings. The average Bonchev–Trinajstić information content (AvgIpc) is 2.46. The lowest BCUT2D eigenvalue weighted by Gasteiger charge is -2.29. The maximum absolute atomic E-state index is 12.0. The molecule has 1 heterocycles. The van der Waals surface area contributed by atoms with Gasteiger partial charge in [-0.05, 0) is 25.0 Å². The van der Waals surface area contributed by atoms with Crippen LogP contribution in [-0.2, 0) is 14.6 Å². The Morgan fingerprint density at radius 2 is 2.00 bits per heavy atom. The van der Waals surface area contributed by atoms with Crippen LogP contribution >= 0.6 is 0 Å². The summed E-state index contributed by atoms with van der Waals surface area (Å²) in [7, 11) is -3.60. The minimum atomic E-state index is -3.60. The van der Waals surface area contributed by atoms with Crippen molar-refractivity contribution in [3.63, 3.8) is 0 Å². The van der Waals surface area contributed by atoms with E-state index in [1.807, 2.05) is 0 Å². The van der Waals surface area contributed by atoms with Crippen molar-refractivity contribution in [2.75, 3.05) is 13.1 Å². The quantitative estimate of drug-likeness (QED) is 0.843. The van der Waals surface area contributed by atoms with Gasteiger partial charge in [0.25, 0.3) is 0 Å². The molecule has 1 aliphatic heterocycles. The third kappa shape index (κ3) is 3.68. The topological polar surface area (TPSA) is 74.7 Å². The molecule has 2 rings (SSSR count). The van der Waals surface area contributed by atoms with Gasteiger partial charge in [-0.25, -0.2) is 8.42 Å². The molecule has 1 aromatic carbocycles. The number of hydrogen-bond donors (Lipinski definition) is 1. The summed E-state index contributed by atoms with van der Waals surface area (Å²) in [5, 5.41) is 10.4. The van der Waals surface area contributed by atoms with E-state index in [-0.39, 0.29) is 17.3 Å². The Balaban J connectivity index is 2.07. The predicted octanol–water partition coefficient (Wildman–Crippen LogP) is 0.957. The molecule has 108 valence electrons. The fraction of sp³-hybridized carbons (Fsp3) is 0.357. The summed E-state index contributed by atoms with van der Waals surface area (Å²) in [6.45, 7) is 0.806. The number of amides is 1. The van der Waals surface area contributed by atoms with E-state index in [0.717, 1.165) is 17.9 Å². The molecule has 0 spiro atoms. The molecule has 5 nitrogen and oxygen atoms in total. The lowest BCUT2D eigenvalue weighted by atomic mass is 10.1. The van der Waals surface area contributed by atoms with Gasteiger partial charge >= 0.3 is 0 Å². The molecule has 0 aromatic heterocycles. The van der Waals surface area contributed by atoms with E-state index in [9.17, 15) is 18.3 Å². The molecule has 1 fully saturated rings. The van der Waals surface area contributed by atoms with Gasteiger partial charge in [0.15, 0.2) is 9.84 Å². The summed E-state index contributed by atoms with van der Waals surface area (Å²) in [6, 6.07) is 7.94. The Morgan fingerprint density at radius 1 is 1.30 bits per heavy atom. The fourth-order valence-electron chi connectivity index (χ4n) is 2.10. The normalized spacial score (nSPS) is 20.2. The Hall–Kier alpha value is -1.66. The molecule has 1 N–H and O–H groups in total. The Morgan fingerprint density at radius 3 is 2.65 bits per heavy atom. The number of carbonyl (C=O) groups excluding carboxylic acids is 1. The van der Waals surface area contributed by atoms with Gasteiger partial charge in [0, 0.05) is 24.6 Å². The largest absolute Gasteiger partial charge is 0.391 e. The monoisotopic (exact) mass is 295 g/mol. The number of aliphatic hydroxyl groups is 1. The average molecular weight is 295 g/mol. The maximum atomic E-state index is 12.0. The molecular formula is C14H17NO4S. The Bertz CT molecular complexity index is 595. The lowest BCUT2D eigenvalue weighted by Crippen LogP contribution is -2.41. The van der Waals surface area contributed by atoms with Gasteiger partial charge in [-0.1, -0.05) is 18.2 Å². The summed E-state index contributed by atoms with van der Waals surface area (Å²) < 4.78 is 24.0. The van der Waals surface area contributed by atoms with E-state index in [4.69, 9.17) is 0 Å². The van der Waals surface area contributed by atoms with Crippen molar-refractivity contribution in [3.8, 4) is 0 Å². The van der Waals surface area contributed by atoms with Gasteiger partial charge in [0.2, 0.25) is 5.91 Å². The summed E-state index contributed by atoms with van der Waals surface area (Å²) in [4.78, 5) is 13.5. The van der Waals surface area contributed by atoms with Crippen molar-refractivity contribution < 1.29 is 18.3 Å². The predicted molar refractivity (Wildman–Crippen MR) is 74.6 cm³/mol. The van der Waals surface area contributed by atoms with Crippen LogP contribution in [0.5, 0.6) is 0 Å². The molecule has 0 saturated carbocycles. The number of sulfone groups is 1. The summed E-state index contributed by atoms with van der Waals surface area (Å²) >= 11 is 0. The fourth-order valence-corrected chi connectivity index (χ4v) is 3.09. The van der Waals surface area contributed by atoms with Crippen molar-refractivity contribution in [2.24, 2.45) is 0 Å². The molecule has 1 saturated heterocycles. The highest BCUT2D eigenvalue weighted by Gasteiger charge is 2.21. The van der Waals surface area contributed by atoms with Gasteiger partial charge in [-0.2, -0.15) is 0 Å². The van der Waals surface area contributed by atoms with E-state index in [2.05, 4.69) is 0 Å². The van der Waals surface area contributed by atoms with Crippen LogP contribution in [0.2, 0.25) is 0 Å². The Kier molecular flexibility index (Phi) is 4.57. The molecule has 1 atom stereocenters. The number of β-amino-alcohol motifs (C(OH)–C–C–N with tert-alkyl or cyclic N) is 1. The highest BCUT2D eigenvalue weighted by molar-refractivity contribution is 7.94. The summed E-state index contributed by atoms with van der Waals surface area (Å²) in [6.07, 6.45) is 1.94. The number of aliphatic hydroxyl groups excluding tert-OH is 1. The zero-order valence-electron chi connectivity index (χ0n) is 11.0. The first-order chi connectivity index (χ1) is 9.49. The Labute approximate surface area is 118 Å². The first-order valence-electron chi connectivity index (χ1n) is 6.44. The van der Waals surface area contributed by atoms with Gasteiger partial charge < -0.3 is 10.0 Å². The first-order valence-corrected chi connectivity index (χ1v) is 7.99. The van der Waals surface area contributed by atoms with E-state index < -0.39 is 15.9 Å². The number of piperidine rings is 1. The van der Waals surface area contributed by atoms with Crippen LogP contribution < -0.4 is 0 Å². The van der Waals surface area contributed by atoms with E-state index in [0.29, 0.717) is 13.0 Å². The van der Waals surface area contributed by atoms with Gasteiger partial charge in [0.05, 0.1) is 11.0 Å². The highest BCUT2D eigenvalue weighted by Crippen LogP contribution is 2.13. The second kappa shape index (κ2) is 6.19. The van der Waals surface area contributed by atoms with Crippen LogP contribution in [0.4, 0.5) is 0 Å². The molecule has 0 bridgehead atoms. The number of carbonyl (C=O) groups is 1. The van der Waals surface area contributed by atoms with Crippen molar-refractivity contribution >= 4 is 15.7 Å². The third-order valence-corrected chi connectivity index (χ3v) is 4.59. The van der Waals surface area contributed by atoms with Crippen molar-refractivity contribution in [2.45, 2.75) is 23.8 Å². The standard InChI is InChI=1S/C14H17NO4S/c16-12-5-4-9-15(11-12)14(17)8-10-20(18,19)13-6-2-1-3-7-13/h1-3,6-8,10,12,16H,4-5,9,11H2/b10-8+/t12-/m0/s1. The zero-order valence-corrected chi connectivity index (χ0v) is 11.8. The van der Waals surface area contributed by atoms with Crippen molar-refractivity contribution in [3.05, 3.63) is 41.8 Å². The van der Waals surface area contributed by atoms with Crippen LogP contribution in [0.25, 0.3) is 0 Å². The first kappa shape index (κ1) is 14.7. The number of likely N-dealkylation sites (tertiary alicyclic amines) is 1. The van der Waals surface area contributed by atoms with Gasteiger partial charge in [0.1, 0.15) is 0 Å². The van der Waals surface area contributed by atoms with E-state index in [1.165, 1.54) is 17.0 Å². The molecule has 0 unspecified atom stereocenters. The van der Waals surface area contributed by atoms with Gasteiger partial charge in [-0.15, -0.1) is 0 Å². The van der Waals surface area contributed by atoms with Crippen molar-refractivity contribution in [1.82, 2.24) is 4.90 Å². The highest BCUT2D eigenvalue weighted by atomic mass is 32.2. The molecule has 0 radical (unpaired) electrons. The second-order valence-electron chi connectivity index (χ2n) is 4.74. The maximum Gasteiger partial charge on any atom is 0.247 e. The van der Waals surface area contributed by atoms with Gasteiger partial charge in [-0.3, -0.25) is 4.79 Å². The van der Waals surface area contributed by atoms with Crippen LogP contribution in [0, 0.1) is 0 Å². The second-order valence-corrected chi connectivity index (χ2v) is 6.57. The van der Waals surface area contributed by atoms with Crippen LogP contribution in [0.15, 0.2) is 46.7 Å². The molecule has 0 aliphatic carbocycles. The SMILES string of the molecule is O=C(/C=C/S(=O)(=O)c1ccccc1)N1CCC[C@H](O)C1. The molecule has 1 aliphatic rings. The van der Waals surface area contributed by atoms with Crippen molar-refractivity contribution in [1.29, 1.82) is 0 Å². The summed E-state index contributed by atoms with van der Waals surface area (Å²) in [5.41, 5.74) is 0. The van der Waals surface area contributed by atoms with E-state index in [1.54, 1.807) is 18.2 Å². The number of hydrogen-bond acceptors (Lipinski definition) is 4. The smallest absolute Gasteiger partial charge is 0.247 e. The van der Waals surface area contributed by atoms with E-state index >= 15 is 0 Å². The zero-order chi connectivity index (χ0) is 14.6. The molecule has 1 amide bonds. The van der Waals surface area contributed by atoms with Crippen LogP contribution in [0.3, 0.4) is 0 Å². The lowest BCUT2D eigenvalue weighted by molar-refractivity contribution is -0.128. The minimum absolute atomic E-state index is 0.155. The molecular weight excluding hydrogens is 278 g/mol. The third-order valence-electron chi connectivity index (χ3n) is 3.17. The minimum Gasteiger partial charge on any atom is -0.391 e. The number of nitrogens with zero attached hydrogens (tertiary/aromatic N) is 1.